The highest BCUT2D eigenvalue weighted by atomic mass is 35.5. The highest BCUT2D eigenvalue weighted by molar-refractivity contribution is 6.31. The zero-order chi connectivity index (χ0) is 24.9. The second-order valence-electron chi connectivity index (χ2n) is 7.94. The number of imide groups is 1. The molecule has 0 saturated heterocycles. The smallest absolute Gasteiger partial charge is 0.271 e. The number of halogens is 2. The molecule has 4 rings (SSSR count). The van der Waals surface area contributed by atoms with Crippen LogP contribution in [-0.4, -0.2) is 16.7 Å². The molecule has 0 unspecified atom stereocenters. The first-order chi connectivity index (χ1) is 16.9. The van der Waals surface area contributed by atoms with E-state index in [1.54, 1.807) is 73.7 Å². The van der Waals surface area contributed by atoms with Crippen LogP contribution in [0.4, 0.5) is 4.39 Å². The summed E-state index contributed by atoms with van der Waals surface area (Å²) in [5.41, 5.74) is 2.64. The third-order valence-electron chi connectivity index (χ3n) is 5.62. The van der Waals surface area contributed by atoms with Crippen molar-refractivity contribution in [1.82, 2.24) is 4.90 Å². The second kappa shape index (κ2) is 10.4. The van der Waals surface area contributed by atoms with Crippen molar-refractivity contribution in [2.75, 3.05) is 0 Å². The molecule has 1 aliphatic rings. The van der Waals surface area contributed by atoms with Crippen LogP contribution in [0.2, 0.25) is 5.02 Å². The number of hydrogen-bond acceptors (Lipinski definition) is 4. The van der Waals surface area contributed by atoms with Crippen LogP contribution in [0.15, 0.2) is 89.5 Å². The molecule has 0 spiro atoms. The summed E-state index contributed by atoms with van der Waals surface area (Å²) in [6, 6.07) is 22.0. The zero-order valence-electron chi connectivity index (χ0n) is 18.8. The second-order valence-corrected chi connectivity index (χ2v) is 8.35. The van der Waals surface area contributed by atoms with Crippen LogP contribution in [0, 0.1) is 17.1 Å². The SMILES string of the molecule is CC1=C(C#N)C(=O)N(Cc2ccccc2Cl)C(=O)/C1=C/c1ccc(OCc2ccc(F)cc2)cc1. The normalized spacial score (nSPS) is 14.9. The van der Waals surface area contributed by atoms with Crippen LogP contribution in [0.1, 0.15) is 23.6 Å². The highest BCUT2D eigenvalue weighted by Crippen LogP contribution is 2.29. The lowest BCUT2D eigenvalue weighted by Gasteiger charge is -2.27. The van der Waals surface area contributed by atoms with Gasteiger partial charge in [0.2, 0.25) is 0 Å². The van der Waals surface area contributed by atoms with Gasteiger partial charge in [-0.15, -0.1) is 0 Å². The standard InChI is InChI=1S/C28H20ClFN2O3/c1-18-24(14-19-8-12-23(13-9-19)35-17-20-6-10-22(30)11-7-20)27(33)32(28(34)25(18)15-31)16-21-4-2-3-5-26(21)29/h2-14H,16-17H2,1H3/b24-14+. The maximum absolute atomic E-state index is 13.3. The first-order valence-corrected chi connectivity index (χ1v) is 11.1. The first-order valence-electron chi connectivity index (χ1n) is 10.8. The predicted octanol–water partition coefficient (Wildman–Crippen LogP) is 5.85. The fraction of sp³-hybridized carbons (Fsp3) is 0.107. The molecule has 3 aromatic rings. The van der Waals surface area contributed by atoms with E-state index in [1.807, 2.05) is 6.07 Å². The molecule has 35 heavy (non-hydrogen) atoms. The molecule has 174 valence electrons. The molecular weight excluding hydrogens is 467 g/mol. The van der Waals surface area contributed by atoms with Crippen molar-refractivity contribution in [3.63, 3.8) is 0 Å². The molecule has 0 aromatic heterocycles. The fourth-order valence-electron chi connectivity index (χ4n) is 3.64. The number of rotatable bonds is 6. The number of carbonyl (C=O) groups is 2. The van der Waals surface area contributed by atoms with Gasteiger partial charge in [-0.05, 0) is 65.6 Å². The fourth-order valence-corrected chi connectivity index (χ4v) is 3.84. The molecule has 0 N–H and O–H groups in total. The Bertz CT molecular complexity index is 1390. The Morgan fingerprint density at radius 1 is 1.00 bits per heavy atom. The third kappa shape index (κ3) is 5.32. The maximum Gasteiger partial charge on any atom is 0.271 e. The van der Waals surface area contributed by atoms with Crippen LogP contribution in [0.5, 0.6) is 5.75 Å². The van der Waals surface area contributed by atoms with Crippen LogP contribution in [-0.2, 0) is 22.7 Å². The van der Waals surface area contributed by atoms with Gasteiger partial charge in [-0.2, -0.15) is 5.26 Å². The van der Waals surface area contributed by atoms with E-state index in [4.69, 9.17) is 16.3 Å². The van der Waals surface area contributed by atoms with Crippen LogP contribution in [0.3, 0.4) is 0 Å². The van der Waals surface area contributed by atoms with Gasteiger partial charge in [0, 0.05) is 10.6 Å². The summed E-state index contributed by atoms with van der Waals surface area (Å²) >= 11 is 6.22. The average Bonchev–Trinajstić information content (AvgIpc) is 2.86. The summed E-state index contributed by atoms with van der Waals surface area (Å²) in [6.45, 7) is 1.84. The molecular formula is C28H20ClFN2O3. The molecule has 0 aliphatic carbocycles. The molecule has 0 radical (unpaired) electrons. The molecule has 2 amide bonds. The quantitative estimate of drug-likeness (QED) is 0.323. The summed E-state index contributed by atoms with van der Waals surface area (Å²) < 4.78 is 18.8. The molecule has 1 heterocycles. The minimum Gasteiger partial charge on any atom is -0.489 e. The molecule has 7 heteroatoms. The molecule has 0 bridgehead atoms. The Morgan fingerprint density at radius 3 is 2.34 bits per heavy atom. The lowest BCUT2D eigenvalue weighted by molar-refractivity contribution is -0.141. The Balaban J connectivity index is 1.57. The number of benzene rings is 3. The number of carbonyl (C=O) groups excluding carboxylic acids is 2. The number of amides is 2. The van der Waals surface area contributed by atoms with Crippen molar-refractivity contribution >= 4 is 29.5 Å². The minimum atomic E-state index is -0.642. The predicted molar refractivity (Wildman–Crippen MR) is 130 cm³/mol. The van der Waals surface area contributed by atoms with E-state index in [9.17, 15) is 19.2 Å². The van der Waals surface area contributed by atoms with Crippen LogP contribution in [0.25, 0.3) is 6.08 Å². The van der Waals surface area contributed by atoms with Crippen molar-refractivity contribution in [3.8, 4) is 11.8 Å². The minimum absolute atomic E-state index is 0.0384. The number of ether oxygens (including phenoxy) is 1. The lowest BCUT2D eigenvalue weighted by Crippen LogP contribution is -2.42. The molecule has 5 nitrogen and oxygen atoms in total. The van der Waals surface area contributed by atoms with Gasteiger partial charge in [0.25, 0.3) is 11.8 Å². The van der Waals surface area contributed by atoms with Gasteiger partial charge in [0.15, 0.2) is 0 Å². The highest BCUT2D eigenvalue weighted by Gasteiger charge is 2.35. The molecule has 1 aliphatic heterocycles. The van der Waals surface area contributed by atoms with Gasteiger partial charge in [-0.25, -0.2) is 4.39 Å². The van der Waals surface area contributed by atoms with Gasteiger partial charge in [0.05, 0.1) is 6.54 Å². The first kappa shape index (κ1) is 23.9. The van der Waals surface area contributed by atoms with E-state index in [-0.39, 0.29) is 30.1 Å². The van der Waals surface area contributed by atoms with Crippen LogP contribution >= 0.6 is 11.6 Å². The summed E-state index contributed by atoms with van der Waals surface area (Å²) in [4.78, 5) is 27.2. The molecule has 0 fully saturated rings. The van der Waals surface area contributed by atoms with E-state index >= 15 is 0 Å². The van der Waals surface area contributed by atoms with Crippen molar-refractivity contribution in [3.05, 3.63) is 117 Å². The average molecular weight is 487 g/mol. The summed E-state index contributed by atoms with van der Waals surface area (Å²) in [5, 5.41) is 10.0. The molecule has 0 atom stereocenters. The Kier molecular flexibility index (Phi) is 7.09. The summed E-state index contributed by atoms with van der Waals surface area (Å²) in [7, 11) is 0. The lowest BCUT2D eigenvalue weighted by atomic mass is 9.93. The van der Waals surface area contributed by atoms with Crippen molar-refractivity contribution in [2.24, 2.45) is 0 Å². The van der Waals surface area contributed by atoms with Crippen molar-refractivity contribution < 1.29 is 18.7 Å². The maximum atomic E-state index is 13.3. The van der Waals surface area contributed by atoms with Crippen molar-refractivity contribution in [1.29, 1.82) is 5.26 Å². The topological polar surface area (TPSA) is 70.4 Å². The van der Waals surface area contributed by atoms with Gasteiger partial charge < -0.3 is 4.74 Å². The van der Waals surface area contributed by atoms with E-state index in [0.717, 1.165) is 10.5 Å². The van der Waals surface area contributed by atoms with Gasteiger partial charge in [-0.1, -0.05) is 54.1 Å². The van der Waals surface area contributed by atoms with E-state index in [1.165, 1.54) is 12.1 Å². The summed E-state index contributed by atoms with van der Waals surface area (Å²) in [5.74, 6) is -0.842. The Morgan fingerprint density at radius 2 is 1.69 bits per heavy atom. The van der Waals surface area contributed by atoms with E-state index in [2.05, 4.69) is 0 Å². The van der Waals surface area contributed by atoms with Crippen LogP contribution < -0.4 is 4.74 Å². The number of hydrogen-bond donors (Lipinski definition) is 0. The Hall–Kier alpha value is -4.21. The Labute approximate surface area is 207 Å². The van der Waals surface area contributed by atoms with E-state index < -0.39 is 11.8 Å². The zero-order valence-corrected chi connectivity index (χ0v) is 19.6. The molecule has 0 saturated carbocycles. The molecule has 3 aromatic carbocycles. The number of nitrogens with zero attached hydrogens (tertiary/aromatic N) is 2. The van der Waals surface area contributed by atoms with Gasteiger partial charge >= 0.3 is 0 Å². The monoisotopic (exact) mass is 486 g/mol. The van der Waals surface area contributed by atoms with Gasteiger partial charge in [0.1, 0.15) is 29.8 Å². The number of nitriles is 1. The third-order valence-corrected chi connectivity index (χ3v) is 5.99. The van der Waals surface area contributed by atoms with Crippen molar-refractivity contribution in [2.45, 2.75) is 20.1 Å². The van der Waals surface area contributed by atoms with E-state index in [0.29, 0.717) is 27.5 Å². The van der Waals surface area contributed by atoms with Gasteiger partial charge in [-0.3, -0.25) is 14.5 Å². The largest absolute Gasteiger partial charge is 0.489 e. The summed E-state index contributed by atoms with van der Waals surface area (Å²) in [6.07, 6.45) is 1.64.